The lowest BCUT2D eigenvalue weighted by atomic mass is 10.1. The highest BCUT2D eigenvalue weighted by Gasteiger charge is 2.21. The van der Waals surface area contributed by atoms with Crippen molar-refractivity contribution in [3.05, 3.63) is 77.1 Å². The van der Waals surface area contributed by atoms with Gasteiger partial charge < -0.3 is 36.1 Å². The van der Waals surface area contributed by atoms with Crippen molar-refractivity contribution >= 4 is 34.2 Å². The number of aryl methyl sites for hydroxylation is 1. The van der Waals surface area contributed by atoms with Crippen LogP contribution in [0, 0.1) is 6.92 Å². The Hall–Kier alpha value is -4.41. The molecule has 0 radical (unpaired) electrons. The molecule has 0 saturated carbocycles. The van der Waals surface area contributed by atoms with Gasteiger partial charge in [-0.3, -0.25) is 9.59 Å². The van der Waals surface area contributed by atoms with E-state index in [9.17, 15) is 9.59 Å². The van der Waals surface area contributed by atoms with Gasteiger partial charge >= 0.3 is 0 Å². The largest absolute Gasteiger partial charge is 0.495 e. The predicted molar refractivity (Wildman–Crippen MR) is 162 cm³/mol. The maximum atomic E-state index is 13.5. The maximum absolute atomic E-state index is 13.5. The first-order valence-corrected chi connectivity index (χ1v) is 13.7. The Kier molecular flexibility index (Phi) is 9.94. The van der Waals surface area contributed by atoms with Crippen molar-refractivity contribution in [1.82, 2.24) is 9.97 Å². The van der Waals surface area contributed by atoms with Crippen LogP contribution in [0.5, 0.6) is 11.5 Å². The van der Waals surface area contributed by atoms with E-state index in [1.165, 1.54) is 7.11 Å². The molecule has 216 valence electrons. The number of carbonyl (C=O) groups is 2. The van der Waals surface area contributed by atoms with Crippen LogP contribution in [0.3, 0.4) is 0 Å². The number of aromatic amines is 1. The van der Waals surface area contributed by atoms with Crippen molar-refractivity contribution in [3.63, 3.8) is 0 Å². The Bertz CT molecular complexity index is 1520. The van der Waals surface area contributed by atoms with Gasteiger partial charge in [-0.25, -0.2) is 4.98 Å². The number of ether oxygens (including phenoxy) is 2. The van der Waals surface area contributed by atoms with Crippen LogP contribution in [0.1, 0.15) is 57.8 Å². The van der Waals surface area contributed by atoms with Gasteiger partial charge in [-0.05, 0) is 74.3 Å². The number of fused-ring (bicyclic) bond motifs is 1. The molecule has 2 amide bonds. The molecule has 0 aliphatic heterocycles. The number of amides is 2. The lowest BCUT2D eigenvalue weighted by molar-refractivity contribution is 0.0990. The zero-order chi connectivity index (χ0) is 29.4. The molecule has 0 fully saturated rings. The van der Waals surface area contributed by atoms with E-state index in [4.69, 9.17) is 20.9 Å². The minimum atomic E-state index is -0.357. The number of hydrogen-bond acceptors (Lipinski definition) is 7. The Morgan fingerprint density at radius 1 is 1.00 bits per heavy atom. The van der Waals surface area contributed by atoms with Gasteiger partial charge in [0.05, 0.1) is 42.7 Å². The van der Waals surface area contributed by atoms with Gasteiger partial charge in [0.1, 0.15) is 22.8 Å². The van der Waals surface area contributed by atoms with Gasteiger partial charge in [-0.15, -0.1) is 0 Å². The summed E-state index contributed by atoms with van der Waals surface area (Å²) >= 11 is 0. The van der Waals surface area contributed by atoms with Crippen LogP contribution in [0.4, 0.5) is 11.4 Å². The molecule has 0 saturated heterocycles. The molecule has 0 bridgehead atoms. The minimum Gasteiger partial charge on any atom is -0.495 e. The summed E-state index contributed by atoms with van der Waals surface area (Å²) < 4.78 is 11.6. The molecule has 0 aliphatic rings. The van der Waals surface area contributed by atoms with Gasteiger partial charge in [0.2, 0.25) is 0 Å². The highest BCUT2D eigenvalue weighted by molar-refractivity contribution is 6.12. The molecular weight excluding hydrogens is 520 g/mol. The van der Waals surface area contributed by atoms with Crippen LogP contribution in [-0.4, -0.2) is 49.1 Å². The summed E-state index contributed by atoms with van der Waals surface area (Å²) in [5.74, 6) is 1.00. The molecule has 41 heavy (non-hydrogen) atoms. The van der Waals surface area contributed by atoms with Crippen molar-refractivity contribution < 1.29 is 19.1 Å². The summed E-state index contributed by atoms with van der Waals surface area (Å²) in [6.45, 7) is 3.48. The number of methoxy groups -OCH3 is 1. The smallest absolute Gasteiger partial charge is 0.258 e. The third kappa shape index (κ3) is 7.03. The first kappa shape index (κ1) is 29.6. The molecule has 3 aromatic carbocycles. The Labute approximate surface area is 240 Å². The van der Waals surface area contributed by atoms with Crippen LogP contribution in [-0.2, 0) is 6.54 Å². The molecule has 4 rings (SSSR count). The average Bonchev–Trinajstić information content (AvgIpc) is 3.42. The highest BCUT2D eigenvalue weighted by Crippen LogP contribution is 2.32. The molecule has 10 heteroatoms. The summed E-state index contributed by atoms with van der Waals surface area (Å²) in [4.78, 5) is 35.8. The van der Waals surface area contributed by atoms with Crippen LogP contribution in [0.25, 0.3) is 11.0 Å². The summed E-state index contributed by atoms with van der Waals surface area (Å²) in [6.07, 6.45) is 4.04. The van der Waals surface area contributed by atoms with E-state index in [2.05, 4.69) is 15.3 Å². The Morgan fingerprint density at radius 3 is 2.56 bits per heavy atom. The Balaban J connectivity index is 1.50. The molecule has 0 aliphatic carbocycles. The van der Waals surface area contributed by atoms with Crippen LogP contribution in [0.2, 0.25) is 0 Å². The number of nitrogens with zero attached hydrogens (tertiary/aromatic N) is 2. The molecule has 1 aromatic heterocycles. The lowest BCUT2D eigenvalue weighted by Gasteiger charge is -2.22. The summed E-state index contributed by atoms with van der Waals surface area (Å²) in [5.41, 5.74) is 15.5. The molecule has 0 spiro atoms. The number of nitrogens with two attached hydrogens (primary N) is 2. The number of para-hydroxylation sites is 1. The molecule has 10 nitrogen and oxygen atoms in total. The first-order chi connectivity index (χ1) is 19.9. The number of imidazole rings is 1. The zero-order valence-electron chi connectivity index (χ0n) is 23.8. The van der Waals surface area contributed by atoms with Crippen LogP contribution >= 0.6 is 0 Å². The van der Waals surface area contributed by atoms with E-state index >= 15 is 0 Å². The molecule has 4 aromatic rings. The van der Waals surface area contributed by atoms with E-state index in [0.717, 1.165) is 36.8 Å². The van der Waals surface area contributed by atoms with Crippen molar-refractivity contribution in [2.45, 2.75) is 39.2 Å². The van der Waals surface area contributed by atoms with E-state index in [-0.39, 0.29) is 18.4 Å². The van der Waals surface area contributed by atoms with Gasteiger partial charge in [-0.1, -0.05) is 25.0 Å². The van der Waals surface area contributed by atoms with E-state index in [1.807, 2.05) is 31.2 Å². The summed E-state index contributed by atoms with van der Waals surface area (Å²) in [5, 5.41) is 2.88. The lowest BCUT2D eigenvalue weighted by Crippen LogP contribution is -2.27. The molecule has 0 unspecified atom stereocenters. The number of hydrogen-bond donors (Lipinski definition) is 4. The van der Waals surface area contributed by atoms with Gasteiger partial charge in [-0.2, -0.15) is 0 Å². The van der Waals surface area contributed by atoms with Gasteiger partial charge in [0.25, 0.3) is 11.8 Å². The zero-order valence-corrected chi connectivity index (χ0v) is 23.8. The summed E-state index contributed by atoms with van der Waals surface area (Å²) in [6, 6.07) is 16.0. The summed E-state index contributed by atoms with van der Waals surface area (Å²) in [7, 11) is 3.20. The topological polar surface area (TPSA) is 149 Å². The standard InChI is InChI=1S/C31H38N6O4/c1-20-11-14-25(27(17-20)41-16-7-5-4-6-15-32)37(2)31(39)21-12-13-23(26(18-21)40-3)35-30(38)22-9-8-10-24-29(22)36-28(19-33)34-24/h8-14,17-18H,4-7,15-16,19,32-33H2,1-3H3,(H,34,36)(H,35,38). The van der Waals surface area contributed by atoms with E-state index < -0.39 is 0 Å². The number of unbranched alkanes of at least 4 members (excludes halogenated alkanes) is 3. The van der Waals surface area contributed by atoms with Crippen LogP contribution in [0.15, 0.2) is 54.6 Å². The minimum absolute atomic E-state index is 0.235. The maximum Gasteiger partial charge on any atom is 0.258 e. The van der Waals surface area contributed by atoms with Crippen molar-refractivity contribution in [2.24, 2.45) is 11.5 Å². The van der Waals surface area contributed by atoms with Gasteiger partial charge in [0.15, 0.2) is 0 Å². The normalized spacial score (nSPS) is 11.0. The Morgan fingerprint density at radius 2 is 1.80 bits per heavy atom. The molecule has 0 atom stereocenters. The molecule has 6 N–H and O–H groups in total. The van der Waals surface area contributed by atoms with Crippen molar-refractivity contribution in [3.8, 4) is 11.5 Å². The third-order valence-electron chi connectivity index (χ3n) is 6.83. The number of benzene rings is 3. The van der Waals surface area contributed by atoms with E-state index in [0.29, 0.717) is 58.5 Å². The SMILES string of the molecule is COc1cc(C(=O)N(C)c2ccc(C)cc2OCCCCCCN)ccc1NC(=O)c1cccc2[nH]c(CN)nc12. The molecule has 1 heterocycles. The quantitative estimate of drug-likeness (QED) is 0.173. The number of rotatable bonds is 13. The fourth-order valence-corrected chi connectivity index (χ4v) is 4.58. The predicted octanol–water partition coefficient (Wildman–Crippen LogP) is 4.77. The number of nitrogens with one attached hydrogen (secondary N) is 2. The second kappa shape index (κ2) is 13.8. The number of carbonyl (C=O) groups excluding carboxylic acids is 2. The second-order valence-electron chi connectivity index (χ2n) is 9.85. The van der Waals surface area contributed by atoms with Crippen LogP contribution < -0.4 is 31.2 Å². The second-order valence-corrected chi connectivity index (χ2v) is 9.85. The monoisotopic (exact) mass is 558 g/mol. The number of H-pyrrole nitrogens is 1. The van der Waals surface area contributed by atoms with Crippen molar-refractivity contribution in [1.29, 1.82) is 0 Å². The van der Waals surface area contributed by atoms with Crippen molar-refractivity contribution in [2.75, 3.05) is 37.5 Å². The number of anilines is 2. The third-order valence-corrected chi connectivity index (χ3v) is 6.83. The molecular formula is C31H38N6O4. The van der Waals surface area contributed by atoms with Gasteiger partial charge in [0, 0.05) is 12.6 Å². The fourth-order valence-electron chi connectivity index (χ4n) is 4.58. The fraction of sp³-hybridized carbons (Fsp3) is 0.323. The number of aromatic nitrogens is 2. The average molecular weight is 559 g/mol. The first-order valence-electron chi connectivity index (χ1n) is 13.7. The van der Waals surface area contributed by atoms with E-state index in [1.54, 1.807) is 42.3 Å². The highest BCUT2D eigenvalue weighted by atomic mass is 16.5.